The second-order valence-electron chi connectivity index (χ2n) is 5.18. The lowest BCUT2D eigenvalue weighted by atomic mass is 9.80. The quantitative estimate of drug-likeness (QED) is 0.710. The molecule has 1 saturated carbocycles. The van der Waals surface area contributed by atoms with Crippen LogP contribution in [0.2, 0.25) is 0 Å². The molecule has 0 aromatic heterocycles. The first-order chi connectivity index (χ1) is 8.52. The van der Waals surface area contributed by atoms with Gasteiger partial charge in [-0.25, -0.2) is 0 Å². The standard InChI is InChI=1S/C14H24O4/c1-4-17-13(15)7-8-14(16)18-12-6-5-10(2)11(3)9-12/h10-12H,4-9H2,1-3H3. The Morgan fingerprint density at radius 3 is 2.33 bits per heavy atom. The van der Waals surface area contributed by atoms with Crippen molar-refractivity contribution in [1.29, 1.82) is 0 Å². The van der Waals surface area contributed by atoms with Gasteiger partial charge in [0.25, 0.3) is 0 Å². The van der Waals surface area contributed by atoms with Crippen LogP contribution in [-0.4, -0.2) is 24.6 Å². The van der Waals surface area contributed by atoms with Gasteiger partial charge in [-0.3, -0.25) is 9.59 Å². The van der Waals surface area contributed by atoms with E-state index in [1.165, 1.54) is 0 Å². The summed E-state index contributed by atoms with van der Waals surface area (Å²) >= 11 is 0. The largest absolute Gasteiger partial charge is 0.466 e. The normalized spacial score (nSPS) is 27.6. The molecule has 4 nitrogen and oxygen atoms in total. The van der Waals surface area contributed by atoms with Gasteiger partial charge in [0.05, 0.1) is 19.4 Å². The molecule has 0 aromatic rings. The molecule has 3 atom stereocenters. The van der Waals surface area contributed by atoms with Crippen molar-refractivity contribution in [2.45, 2.75) is 59.0 Å². The van der Waals surface area contributed by atoms with Crippen molar-refractivity contribution in [3.05, 3.63) is 0 Å². The second-order valence-corrected chi connectivity index (χ2v) is 5.18. The van der Waals surface area contributed by atoms with E-state index in [9.17, 15) is 9.59 Å². The van der Waals surface area contributed by atoms with Crippen molar-refractivity contribution in [2.75, 3.05) is 6.61 Å². The number of hydrogen-bond donors (Lipinski definition) is 0. The van der Waals surface area contributed by atoms with Crippen LogP contribution in [0, 0.1) is 11.8 Å². The van der Waals surface area contributed by atoms with Crippen LogP contribution in [0.4, 0.5) is 0 Å². The third-order valence-electron chi connectivity index (χ3n) is 3.69. The van der Waals surface area contributed by atoms with Crippen LogP contribution in [0.1, 0.15) is 52.9 Å². The summed E-state index contributed by atoms with van der Waals surface area (Å²) in [5, 5.41) is 0. The van der Waals surface area contributed by atoms with E-state index in [-0.39, 0.29) is 30.9 Å². The molecule has 0 saturated heterocycles. The number of esters is 2. The lowest BCUT2D eigenvalue weighted by Gasteiger charge is -2.31. The molecule has 0 aromatic carbocycles. The predicted octanol–water partition coefficient (Wildman–Crippen LogP) is 2.70. The minimum absolute atomic E-state index is 0.0332. The van der Waals surface area contributed by atoms with Gasteiger partial charge in [0.15, 0.2) is 0 Å². The summed E-state index contributed by atoms with van der Waals surface area (Å²) in [6, 6.07) is 0. The molecule has 1 aliphatic carbocycles. The van der Waals surface area contributed by atoms with E-state index in [0.29, 0.717) is 18.4 Å². The number of hydrogen-bond acceptors (Lipinski definition) is 4. The van der Waals surface area contributed by atoms with Gasteiger partial charge in [0.1, 0.15) is 6.10 Å². The molecular weight excluding hydrogens is 232 g/mol. The molecule has 1 fully saturated rings. The van der Waals surface area contributed by atoms with E-state index >= 15 is 0 Å². The molecule has 1 aliphatic rings. The van der Waals surface area contributed by atoms with Gasteiger partial charge in [-0.05, 0) is 38.0 Å². The van der Waals surface area contributed by atoms with E-state index in [0.717, 1.165) is 19.3 Å². The van der Waals surface area contributed by atoms with Gasteiger partial charge >= 0.3 is 11.9 Å². The van der Waals surface area contributed by atoms with Crippen LogP contribution in [0.15, 0.2) is 0 Å². The van der Waals surface area contributed by atoms with Gasteiger partial charge in [0, 0.05) is 0 Å². The predicted molar refractivity (Wildman–Crippen MR) is 67.9 cm³/mol. The summed E-state index contributed by atoms with van der Waals surface area (Å²) in [6.07, 6.45) is 3.26. The van der Waals surface area contributed by atoms with Crippen molar-refractivity contribution in [2.24, 2.45) is 11.8 Å². The maximum absolute atomic E-state index is 11.6. The van der Waals surface area contributed by atoms with E-state index in [1.807, 2.05) is 0 Å². The van der Waals surface area contributed by atoms with Crippen LogP contribution >= 0.6 is 0 Å². The lowest BCUT2D eigenvalue weighted by molar-refractivity contribution is -0.155. The Morgan fingerprint density at radius 2 is 1.72 bits per heavy atom. The SMILES string of the molecule is CCOC(=O)CCC(=O)OC1CCC(C)C(C)C1. The highest BCUT2D eigenvalue weighted by Crippen LogP contribution is 2.31. The number of rotatable bonds is 5. The molecular formula is C14H24O4. The van der Waals surface area contributed by atoms with E-state index < -0.39 is 0 Å². The highest BCUT2D eigenvalue weighted by Gasteiger charge is 2.27. The number of carbonyl (C=O) groups is 2. The van der Waals surface area contributed by atoms with Gasteiger partial charge in [-0.2, -0.15) is 0 Å². The summed E-state index contributed by atoms with van der Waals surface area (Å²) in [6.45, 7) is 6.54. The zero-order valence-corrected chi connectivity index (χ0v) is 11.6. The summed E-state index contributed by atoms with van der Waals surface area (Å²) in [5.41, 5.74) is 0. The third kappa shape index (κ3) is 5.07. The molecule has 18 heavy (non-hydrogen) atoms. The molecule has 1 rings (SSSR count). The van der Waals surface area contributed by atoms with Crippen LogP contribution in [0.25, 0.3) is 0 Å². The Bertz CT molecular complexity index is 288. The zero-order chi connectivity index (χ0) is 13.5. The molecule has 3 unspecified atom stereocenters. The zero-order valence-electron chi connectivity index (χ0n) is 11.6. The topological polar surface area (TPSA) is 52.6 Å². The molecule has 104 valence electrons. The second kappa shape index (κ2) is 7.39. The summed E-state index contributed by atoms with van der Waals surface area (Å²) in [7, 11) is 0. The fourth-order valence-electron chi connectivity index (χ4n) is 2.29. The minimum atomic E-state index is -0.333. The smallest absolute Gasteiger partial charge is 0.306 e. The molecule has 0 N–H and O–H groups in total. The van der Waals surface area contributed by atoms with Crippen molar-refractivity contribution in [3.8, 4) is 0 Å². The monoisotopic (exact) mass is 256 g/mol. The maximum Gasteiger partial charge on any atom is 0.306 e. The van der Waals surface area contributed by atoms with Crippen LogP contribution in [0.3, 0.4) is 0 Å². The van der Waals surface area contributed by atoms with Crippen molar-refractivity contribution in [3.63, 3.8) is 0 Å². The van der Waals surface area contributed by atoms with Crippen LogP contribution in [0.5, 0.6) is 0 Å². The Kier molecular flexibility index (Phi) is 6.16. The number of ether oxygens (including phenoxy) is 2. The first-order valence-electron chi connectivity index (χ1n) is 6.88. The van der Waals surface area contributed by atoms with E-state index in [1.54, 1.807) is 6.92 Å². The molecule has 0 radical (unpaired) electrons. The van der Waals surface area contributed by atoms with Crippen molar-refractivity contribution in [1.82, 2.24) is 0 Å². The number of carbonyl (C=O) groups excluding carboxylic acids is 2. The first-order valence-corrected chi connectivity index (χ1v) is 6.88. The molecule has 0 aliphatic heterocycles. The minimum Gasteiger partial charge on any atom is -0.466 e. The molecule has 4 heteroatoms. The highest BCUT2D eigenvalue weighted by atomic mass is 16.5. The molecule has 0 spiro atoms. The van der Waals surface area contributed by atoms with Gasteiger partial charge in [-0.1, -0.05) is 13.8 Å². The average Bonchev–Trinajstić information content (AvgIpc) is 2.32. The Hall–Kier alpha value is -1.06. The Labute approximate surface area is 109 Å². The Morgan fingerprint density at radius 1 is 1.06 bits per heavy atom. The van der Waals surface area contributed by atoms with Crippen LogP contribution < -0.4 is 0 Å². The van der Waals surface area contributed by atoms with Gasteiger partial charge < -0.3 is 9.47 Å². The average molecular weight is 256 g/mol. The van der Waals surface area contributed by atoms with Gasteiger partial charge in [0.2, 0.25) is 0 Å². The molecule has 0 amide bonds. The summed E-state index contributed by atoms with van der Waals surface area (Å²) in [5.74, 6) is 0.691. The lowest BCUT2D eigenvalue weighted by Crippen LogP contribution is -2.28. The molecule has 0 heterocycles. The van der Waals surface area contributed by atoms with E-state index in [2.05, 4.69) is 13.8 Å². The maximum atomic E-state index is 11.6. The Balaban J connectivity index is 2.22. The fraction of sp³-hybridized carbons (Fsp3) is 0.857. The van der Waals surface area contributed by atoms with Crippen molar-refractivity contribution >= 4 is 11.9 Å². The van der Waals surface area contributed by atoms with Crippen LogP contribution in [-0.2, 0) is 19.1 Å². The molecule has 0 bridgehead atoms. The summed E-state index contributed by atoms with van der Waals surface area (Å²) < 4.78 is 10.2. The fourth-order valence-corrected chi connectivity index (χ4v) is 2.29. The van der Waals surface area contributed by atoms with Gasteiger partial charge in [-0.15, -0.1) is 0 Å². The summed E-state index contributed by atoms with van der Waals surface area (Å²) in [4.78, 5) is 22.7. The first kappa shape index (κ1) is 15.0. The van der Waals surface area contributed by atoms with E-state index in [4.69, 9.17) is 9.47 Å². The third-order valence-corrected chi connectivity index (χ3v) is 3.69. The highest BCUT2D eigenvalue weighted by molar-refractivity contribution is 5.77. The van der Waals surface area contributed by atoms with Crippen molar-refractivity contribution < 1.29 is 19.1 Å².